The van der Waals surface area contributed by atoms with Crippen LogP contribution in [-0.2, 0) is 5.41 Å². The van der Waals surface area contributed by atoms with E-state index in [4.69, 9.17) is 9.78 Å². The van der Waals surface area contributed by atoms with Crippen LogP contribution in [0.5, 0.6) is 0 Å². The number of anilines is 1. The zero-order valence-corrected chi connectivity index (χ0v) is 13.5. The van der Waals surface area contributed by atoms with E-state index in [1.807, 2.05) is 52.0 Å². The number of carbonyl (C=O) groups is 1. The minimum Gasteiger partial charge on any atom is -0.360 e. The van der Waals surface area contributed by atoms with E-state index in [1.165, 1.54) is 0 Å². The maximum Gasteiger partial charge on any atom is 0.245 e. The Morgan fingerprint density at radius 3 is 2.48 bits per heavy atom. The molecule has 0 unspecified atom stereocenters. The maximum atomic E-state index is 12.3. The van der Waals surface area contributed by atoms with Gasteiger partial charge in [0.25, 0.3) is 0 Å². The fourth-order valence-corrected chi connectivity index (χ4v) is 1.73. The lowest BCUT2D eigenvalue weighted by Crippen LogP contribution is -2.15. The summed E-state index contributed by atoms with van der Waals surface area (Å²) >= 11 is 0. The van der Waals surface area contributed by atoms with Crippen LogP contribution in [0.4, 0.5) is 5.69 Å². The molecule has 0 atom stereocenters. The molecular weight excluding hydrogens is 292 g/mol. The Kier molecular flexibility index (Phi) is 4.60. The van der Waals surface area contributed by atoms with Gasteiger partial charge in [0.05, 0.1) is 5.69 Å². The van der Waals surface area contributed by atoms with E-state index >= 15 is 0 Å². The number of rotatable bonds is 4. The van der Waals surface area contributed by atoms with Crippen LogP contribution in [0.3, 0.4) is 0 Å². The van der Waals surface area contributed by atoms with E-state index in [2.05, 4.69) is 15.7 Å². The van der Waals surface area contributed by atoms with Crippen LogP contribution in [0, 0.1) is 18.3 Å². The number of hydrazone groups is 1. The molecule has 0 saturated carbocycles. The molecule has 1 N–H and O–H groups in total. The Morgan fingerprint density at radius 2 is 1.96 bits per heavy atom. The number of carbonyl (C=O) groups excluding carboxylic acids is 1. The zero-order valence-electron chi connectivity index (χ0n) is 13.5. The molecule has 0 bridgehead atoms. The topological polar surface area (TPSA) is 91.3 Å². The SMILES string of the molecule is Cc1ccc(N/N=C(/C#N)C(=O)c2cc(C(C)(C)C)on2)cc1. The van der Waals surface area contributed by atoms with Gasteiger partial charge in [-0.25, -0.2) is 0 Å². The van der Waals surface area contributed by atoms with Crippen molar-refractivity contribution in [3.63, 3.8) is 0 Å². The van der Waals surface area contributed by atoms with Gasteiger partial charge in [-0.2, -0.15) is 10.4 Å². The van der Waals surface area contributed by atoms with Gasteiger partial charge in [-0.1, -0.05) is 43.6 Å². The number of nitriles is 1. The van der Waals surface area contributed by atoms with E-state index in [1.54, 1.807) is 12.1 Å². The molecule has 0 aliphatic carbocycles. The van der Waals surface area contributed by atoms with Gasteiger partial charge < -0.3 is 4.52 Å². The van der Waals surface area contributed by atoms with E-state index in [9.17, 15) is 4.79 Å². The maximum absolute atomic E-state index is 12.3. The Bertz CT molecular complexity index is 774. The number of nitrogens with one attached hydrogen (secondary N) is 1. The van der Waals surface area contributed by atoms with Gasteiger partial charge in [0.15, 0.2) is 5.69 Å². The molecule has 118 valence electrons. The largest absolute Gasteiger partial charge is 0.360 e. The molecule has 23 heavy (non-hydrogen) atoms. The molecule has 6 heteroatoms. The minimum atomic E-state index is -0.577. The molecule has 0 aliphatic heterocycles. The first kappa shape index (κ1) is 16.4. The highest BCUT2D eigenvalue weighted by molar-refractivity contribution is 6.51. The minimum absolute atomic E-state index is 0.0703. The Morgan fingerprint density at radius 1 is 1.30 bits per heavy atom. The summed E-state index contributed by atoms with van der Waals surface area (Å²) in [7, 11) is 0. The Balaban J connectivity index is 2.18. The molecule has 1 aromatic carbocycles. The van der Waals surface area contributed by atoms with Crippen molar-refractivity contribution in [2.45, 2.75) is 33.1 Å². The average Bonchev–Trinajstić information content (AvgIpc) is 2.99. The van der Waals surface area contributed by atoms with Crippen LogP contribution < -0.4 is 5.43 Å². The van der Waals surface area contributed by atoms with Crippen molar-refractivity contribution in [2.75, 3.05) is 5.43 Å². The highest BCUT2D eigenvalue weighted by atomic mass is 16.5. The molecule has 1 heterocycles. The third kappa shape index (κ3) is 4.04. The molecular formula is C17H18N4O2. The lowest BCUT2D eigenvalue weighted by Gasteiger charge is -2.11. The van der Waals surface area contributed by atoms with E-state index in [0.29, 0.717) is 11.4 Å². The first-order valence-corrected chi connectivity index (χ1v) is 7.13. The number of hydrogen-bond donors (Lipinski definition) is 1. The second-order valence-corrected chi connectivity index (χ2v) is 6.21. The molecule has 0 fully saturated rings. The first-order chi connectivity index (χ1) is 10.8. The molecule has 0 radical (unpaired) electrons. The lowest BCUT2D eigenvalue weighted by atomic mass is 9.93. The highest BCUT2D eigenvalue weighted by Gasteiger charge is 2.24. The van der Waals surface area contributed by atoms with Crippen LogP contribution in [0.2, 0.25) is 0 Å². The van der Waals surface area contributed by atoms with Crippen molar-refractivity contribution in [2.24, 2.45) is 5.10 Å². The van der Waals surface area contributed by atoms with E-state index in [0.717, 1.165) is 5.56 Å². The van der Waals surface area contributed by atoms with Crippen molar-refractivity contribution < 1.29 is 9.32 Å². The van der Waals surface area contributed by atoms with Gasteiger partial charge in [-0.15, -0.1) is 0 Å². The van der Waals surface area contributed by atoms with Crippen molar-refractivity contribution in [1.29, 1.82) is 5.26 Å². The average molecular weight is 310 g/mol. The molecule has 2 aromatic rings. The van der Waals surface area contributed by atoms with Crippen LogP contribution in [0.15, 0.2) is 40.0 Å². The quantitative estimate of drug-likeness (QED) is 0.530. The molecule has 0 saturated heterocycles. The third-order valence-corrected chi connectivity index (χ3v) is 3.15. The molecule has 1 aromatic heterocycles. The van der Waals surface area contributed by atoms with Gasteiger partial charge >= 0.3 is 0 Å². The molecule has 0 spiro atoms. The normalized spacial score (nSPS) is 11.9. The summed E-state index contributed by atoms with van der Waals surface area (Å²) in [6.07, 6.45) is 0. The number of aromatic nitrogens is 1. The Hall–Kier alpha value is -2.94. The summed E-state index contributed by atoms with van der Waals surface area (Å²) in [5.41, 5.74) is 4.01. The number of nitrogens with zero attached hydrogens (tertiary/aromatic N) is 3. The zero-order chi connectivity index (χ0) is 17.0. The van der Waals surface area contributed by atoms with Gasteiger partial charge in [0.1, 0.15) is 11.8 Å². The van der Waals surface area contributed by atoms with Gasteiger partial charge in [0.2, 0.25) is 11.5 Å². The smallest absolute Gasteiger partial charge is 0.245 e. The van der Waals surface area contributed by atoms with Gasteiger partial charge in [-0.05, 0) is 19.1 Å². The van der Waals surface area contributed by atoms with Crippen molar-refractivity contribution in [1.82, 2.24) is 5.16 Å². The van der Waals surface area contributed by atoms with E-state index < -0.39 is 5.78 Å². The molecule has 6 nitrogen and oxygen atoms in total. The fraction of sp³-hybridized carbons (Fsp3) is 0.294. The van der Waals surface area contributed by atoms with Gasteiger partial charge in [0, 0.05) is 11.5 Å². The van der Waals surface area contributed by atoms with Crippen molar-refractivity contribution in [3.8, 4) is 6.07 Å². The number of benzene rings is 1. The standard InChI is InChI=1S/C17H18N4O2/c1-11-5-7-12(8-6-11)19-20-14(10-18)16(22)13-9-15(23-21-13)17(2,3)4/h5-9,19H,1-4H3/b20-14-. The summed E-state index contributed by atoms with van der Waals surface area (Å²) in [6.45, 7) is 7.80. The van der Waals surface area contributed by atoms with E-state index in [-0.39, 0.29) is 16.8 Å². The fourth-order valence-electron chi connectivity index (χ4n) is 1.73. The van der Waals surface area contributed by atoms with Crippen LogP contribution >= 0.6 is 0 Å². The predicted octanol–water partition coefficient (Wildman–Crippen LogP) is 3.45. The lowest BCUT2D eigenvalue weighted by molar-refractivity contribution is 0.105. The third-order valence-electron chi connectivity index (χ3n) is 3.15. The summed E-state index contributed by atoms with van der Waals surface area (Å²) in [6, 6.07) is 10.8. The van der Waals surface area contributed by atoms with Crippen molar-refractivity contribution in [3.05, 3.63) is 47.3 Å². The summed E-state index contributed by atoms with van der Waals surface area (Å²) in [5.74, 6) is -0.00371. The summed E-state index contributed by atoms with van der Waals surface area (Å²) < 4.78 is 5.17. The summed E-state index contributed by atoms with van der Waals surface area (Å²) in [5, 5.41) is 16.7. The number of hydrogen-bond acceptors (Lipinski definition) is 6. The van der Waals surface area contributed by atoms with Crippen LogP contribution in [-0.4, -0.2) is 16.7 Å². The second kappa shape index (κ2) is 6.44. The number of aryl methyl sites for hydroxylation is 1. The highest BCUT2D eigenvalue weighted by Crippen LogP contribution is 2.22. The second-order valence-electron chi connectivity index (χ2n) is 6.21. The monoisotopic (exact) mass is 310 g/mol. The van der Waals surface area contributed by atoms with Crippen LogP contribution in [0.1, 0.15) is 42.6 Å². The van der Waals surface area contributed by atoms with Crippen molar-refractivity contribution >= 4 is 17.2 Å². The summed E-state index contributed by atoms with van der Waals surface area (Å²) in [4.78, 5) is 12.3. The predicted molar refractivity (Wildman–Crippen MR) is 87.4 cm³/mol. The first-order valence-electron chi connectivity index (χ1n) is 7.13. The number of Topliss-reactive ketones (excluding diaryl/α,β-unsaturated/α-hetero) is 1. The molecule has 2 rings (SSSR count). The molecule has 0 aliphatic rings. The van der Waals surface area contributed by atoms with Crippen LogP contribution in [0.25, 0.3) is 0 Å². The molecule has 0 amide bonds. The van der Waals surface area contributed by atoms with Gasteiger partial charge in [-0.3, -0.25) is 10.2 Å². The Labute approximate surface area is 134 Å². The number of ketones is 1.